The summed E-state index contributed by atoms with van der Waals surface area (Å²) in [5, 5.41) is 2.95. The Morgan fingerprint density at radius 1 is 1.08 bits per heavy atom. The van der Waals surface area contributed by atoms with Crippen molar-refractivity contribution in [2.75, 3.05) is 6.61 Å². The second-order valence-electron chi connectivity index (χ2n) is 6.21. The van der Waals surface area contributed by atoms with Gasteiger partial charge >= 0.3 is 5.97 Å². The zero-order valence-electron chi connectivity index (χ0n) is 15.0. The molecule has 25 heavy (non-hydrogen) atoms. The number of hydrogen-bond acceptors (Lipinski definition) is 3. The average molecular weight is 339 g/mol. The fraction of sp³-hybridized carbons (Fsp3) is 0.333. The number of aryl methyl sites for hydroxylation is 2. The second kappa shape index (κ2) is 9.02. The Morgan fingerprint density at radius 2 is 1.80 bits per heavy atom. The maximum absolute atomic E-state index is 12.2. The summed E-state index contributed by atoms with van der Waals surface area (Å²) >= 11 is 0. The molecule has 2 aromatic carbocycles. The number of benzene rings is 2. The van der Waals surface area contributed by atoms with Crippen LogP contribution in [-0.2, 0) is 9.53 Å². The van der Waals surface area contributed by atoms with Crippen LogP contribution in [0.2, 0.25) is 0 Å². The van der Waals surface area contributed by atoms with Gasteiger partial charge in [0, 0.05) is 0 Å². The van der Waals surface area contributed by atoms with E-state index in [4.69, 9.17) is 4.74 Å². The number of rotatable bonds is 7. The van der Waals surface area contributed by atoms with Gasteiger partial charge in [-0.25, -0.2) is 4.79 Å². The predicted octanol–water partition coefficient (Wildman–Crippen LogP) is 4.12. The lowest BCUT2D eigenvalue weighted by Gasteiger charge is -2.18. The van der Waals surface area contributed by atoms with E-state index in [1.165, 1.54) is 0 Å². The Hall–Kier alpha value is -2.62. The zero-order chi connectivity index (χ0) is 18.2. The highest BCUT2D eigenvalue weighted by Crippen LogP contribution is 2.18. The smallest absolute Gasteiger partial charge is 0.338 e. The molecule has 1 atom stereocenters. The van der Waals surface area contributed by atoms with Gasteiger partial charge in [0.05, 0.1) is 11.6 Å². The normalized spacial score (nSPS) is 11.6. The summed E-state index contributed by atoms with van der Waals surface area (Å²) in [7, 11) is 0. The van der Waals surface area contributed by atoms with Crippen molar-refractivity contribution >= 4 is 11.9 Å². The molecular formula is C21H25NO3. The summed E-state index contributed by atoms with van der Waals surface area (Å²) < 4.78 is 5.19. The number of esters is 1. The van der Waals surface area contributed by atoms with Crippen LogP contribution in [0.4, 0.5) is 0 Å². The van der Waals surface area contributed by atoms with E-state index < -0.39 is 5.97 Å². The van der Waals surface area contributed by atoms with Crippen LogP contribution in [0.5, 0.6) is 0 Å². The second-order valence-corrected chi connectivity index (χ2v) is 6.21. The van der Waals surface area contributed by atoms with E-state index in [-0.39, 0.29) is 18.6 Å². The Kier molecular flexibility index (Phi) is 6.75. The van der Waals surface area contributed by atoms with Gasteiger partial charge in [-0.15, -0.1) is 0 Å². The van der Waals surface area contributed by atoms with Crippen LogP contribution in [0.15, 0.2) is 48.5 Å². The first-order valence-electron chi connectivity index (χ1n) is 8.60. The minimum Gasteiger partial charge on any atom is -0.452 e. The van der Waals surface area contributed by atoms with Crippen LogP contribution in [0.3, 0.4) is 0 Å². The number of carbonyl (C=O) groups is 2. The van der Waals surface area contributed by atoms with Crippen molar-refractivity contribution in [3.8, 4) is 0 Å². The molecule has 2 rings (SSSR count). The lowest BCUT2D eigenvalue weighted by Crippen LogP contribution is -2.32. The molecule has 0 radical (unpaired) electrons. The standard InChI is InChI=1S/C21H25NO3/c1-4-8-19(17-9-6-5-7-10-17)22-20(23)14-25-21(24)18-13-15(2)11-12-16(18)3/h5-7,9-13,19H,4,8,14H2,1-3H3,(H,22,23)/t19-/m1/s1. The fourth-order valence-electron chi connectivity index (χ4n) is 2.70. The molecule has 0 saturated heterocycles. The molecule has 1 N–H and O–H groups in total. The third-order valence-electron chi connectivity index (χ3n) is 4.06. The summed E-state index contributed by atoms with van der Waals surface area (Å²) in [5.74, 6) is -0.760. The fourth-order valence-corrected chi connectivity index (χ4v) is 2.70. The molecule has 4 heteroatoms. The largest absolute Gasteiger partial charge is 0.452 e. The van der Waals surface area contributed by atoms with E-state index in [9.17, 15) is 9.59 Å². The molecule has 0 aliphatic heterocycles. The van der Waals surface area contributed by atoms with Gasteiger partial charge in [0.2, 0.25) is 0 Å². The summed E-state index contributed by atoms with van der Waals surface area (Å²) in [6.45, 7) is 5.56. The summed E-state index contributed by atoms with van der Waals surface area (Å²) in [6, 6.07) is 15.3. The topological polar surface area (TPSA) is 55.4 Å². The zero-order valence-corrected chi connectivity index (χ0v) is 15.0. The van der Waals surface area contributed by atoms with E-state index >= 15 is 0 Å². The molecule has 0 heterocycles. The molecular weight excluding hydrogens is 314 g/mol. The Morgan fingerprint density at radius 3 is 2.48 bits per heavy atom. The molecule has 0 spiro atoms. The van der Waals surface area contributed by atoms with Crippen LogP contribution in [0, 0.1) is 13.8 Å². The molecule has 0 saturated carbocycles. The molecule has 0 fully saturated rings. The third kappa shape index (κ3) is 5.45. The summed E-state index contributed by atoms with van der Waals surface area (Å²) in [4.78, 5) is 24.4. The molecule has 2 aromatic rings. The van der Waals surface area contributed by atoms with Crippen molar-refractivity contribution in [2.24, 2.45) is 0 Å². The van der Waals surface area contributed by atoms with Crippen LogP contribution >= 0.6 is 0 Å². The molecule has 0 unspecified atom stereocenters. The molecule has 1 amide bonds. The van der Waals surface area contributed by atoms with E-state index in [0.717, 1.165) is 29.5 Å². The van der Waals surface area contributed by atoms with Gasteiger partial charge < -0.3 is 10.1 Å². The van der Waals surface area contributed by atoms with Crippen LogP contribution < -0.4 is 5.32 Å². The molecule has 0 aliphatic rings. The minimum atomic E-state index is -0.469. The van der Waals surface area contributed by atoms with Crippen LogP contribution in [0.25, 0.3) is 0 Å². The predicted molar refractivity (Wildman–Crippen MR) is 98.4 cm³/mol. The van der Waals surface area contributed by atoms with Gasteiger partial charge in [-0.3, -0.25) is 4.79 Å². The number of nitrogens with one attached hydrogen (secondary N) is 1. The van der Waals surface area contributed by atoms with Crippen molar-refractivity contribution < 1.29 is 14.3 Å². The van der Waals surface area contributed by atoms with E-state index in [2.05, 4.69) is 12.2 Å². The highest BCUT2D eigenvalue weighted by molar-refractivity contribution is 5.92. The molecule has 0 aliphatic carbocycles. The maximum Gasteiger partial charge on any atom is 0.338 e. The van der Waals surface area contributed by atoms with Crippen LogP contribution in [-0.4, -0.2) is 18.5 Å². The summed E-state index contributed by atoms with van der Waals surface area (Å²) in [5.41, 5.74) is 3.37. The van der Waals surface area contributed by atoms with Gasteiger partial charge in [0.25, 0.3) is 5.91 Å². The van der Waals surface area contributed by atoms with E-state index in [0.29, 0.717) is 5.56 Å². The van der Waals surface area contributed by atoms with Crippen molar-refractivity contribution in [2.45, 2.75) is 39.7 Å². The highest BCUT2D eigenvalue weighted by atomic mass is 16.5. The average Bonchev–Trinajstić information content (AvgIpc) is 2.62. The SMILES string of the molecule is CCC[C@@H](NC(=O)COC(=O)c1cc(C)ccc1C)c1ccccc1. The van der Waals surface area contributed by atoms with Gasteiger partial charge in [0.15, 0.2) is 6.61 Å². The minimum absolute atomic E-state index is 0.0712. The lowest BCUT2D eigenvalue weighted by molar-refractivity contribution is -0.125. The Labute approximate surface area is 149 Å². The van der Waals surface area contributed by atoms with Gasteiger partial charge in [0.1, 0.15) is 0 Å². The van der Waals surface area contributed by atoms with Gasteiger partial charge in [-0.05, 0) is 37.5 Å². The first-order valence-corrected chi connectivity index (χ1v) is 8.60. The number of ether oxygens (including phenoxy) is 1. The number of amides is 1. The number of carbonyl (C=O) groups excluding carboxylic acids is 2. The van der Waals surface area contributed by atoms with Crippen LogP contribution in [0.1, 0.15) is 52.9 Å². The van der Waals surface area contributed by atoms with Crippen molar-refractivity contribution in [1.82, 2.24) is 5.32 Å². The van der Waals surface area contributed by atoms with E-state index in [1.54, 1.807) is 6.07 Å². The lowest BCUT2D eigenvalue weighted by atomic mass is 10.0. The van der Waals surface area contributed by atoms with Gasteiger partial charge in [-0.2, -0.15) is 0 Å². The first-order chi connectivity index (χ1) is 12.0. The first kappa shape index (κ1) is 18.7. The van der Waals surface area contributed by atoms with Crippen molar-refractivity contribution in [3.05, 3.63) is 70.8 Å². The maximum atomic E-state index is 12.2. The third-order valence-corrected chi connectivity index (χ3v) is 4.06. The molecule has 132 valence electrons. The van der Waals surface area contributed by atoms with Crippen molar-refractivity contribution in [3.63, 3.8) is 0 Å². The monoisotopic (exact) mass is 339 g/mol. The summed E-state index contributed by atoms with van der Waals surface area (Å²) in [6.07, 6.45) is 1.78. The van der Waals surface area contributed by atoms with Gasteiger partial charge in [-0.1, -0.05) is 61.4 Å². The number of hydrogen-bond donors (Lipinski definition) is 1. The molecule has 0 bridgehead atoms. The highest BCUT2D eigenvalue weighted by Gasteiger charge is 2.16. The van der Waals surface area contributed by atoms with Crippen molar-refractivity contribution in [1.29, 1.82) is 0 Å². The molecule has 0 aromatic heterocycles. The quantitative estimate of drug-likeness (QED) is 0.772. The Balaban J connectivity index is 1.94. The molecule has 4 nitrogen and oxygen atoms in total. The Bertz CT molecular complexity index is 725. The van der Waals surface area contributed by atoms with E-state index in [1.807, 2.05) is 56.3 Å².